The van der Waals surface area contributed by atoms with E-state index < -0.39 is 46.7 Å². The maximum Gasteiger partial charge on any atom is 0.433 e. The molecule has 0 bridgehead atoms. The van der Waals surface area contributed by atoms with E-state index >= 15 is 0 Å². The van der Waals surface area contributed by atoms with Gasteiger partial charge in [0, 0.05) is 27.5 Å². The van der Waals surface area contributed by atoms with Gasteiger partial charge in [0.05, 0.1) is 50.3 Å². The van der Waals surface area contributed by atoms with Crippen molar-refractivity contribution in [3.05, 3.63) is 84.9 Å². The number of phenolic OH excluding ortho intramolecular Hbond substituents is 1. The predicted octanol–water partition coefficient (Wildman–Crippen LogP) is 6.98. The zero-order chi connectivity index (χ0) is 43.5. The molecule has 0 saturated carbocycles. The molecule has 0 spiro atoms. The molecule has 0 heterocycles. The molecule has 5 rings (SSSR count). The number of rotatable bonds is 17. The molecule has 0 unspecified atom stereocenters. The Labute approximate surface area is 354 Å². The van der Waals surface area contributed by atoms with Crippen LogP contribution >= 0.6 is 23.8 Å². The normalized spacial score (nSPS) is 12.2. The highest BCUT2D eigenvalue weighted by Crippen LogP contribution is 2.48. The lowest BCUT2D eigenvalue weighted by Crippen LogP contribution is -2.19. The lowest BCUT2D eigenvalue weighted by atomic mass is 10.1. The average Bonchev–Trinajstić information content (AvgIpc) is 3.20. The zero-order valence-corrected chi connectivity index (χ0v) is 34.8. The summed E-state index contributed by atoms with van der Waals surface area (Å²) in [7, 11) is -12.2. The number of aromatic hydroxyl groups is 1. The van der Waals surface area contributed by atoms with Crippen LogP contribution in [0.4, 0.5) is 39.8 Å². The molecule has 0 aliphatic heterocycles. The Kier molecular flexibility index (Phi) is 16.7. The fourth-order valence-corrected chi connectivity index (χ4v) is 7.80. The van der Waals surface area contributed by atoms with E-state index in [1.165, 1.54) is 18.2 Å². The van der Waals surface area contributed by atoms with Crippen LogP contribution in [0.3, 0.4) is 0 Å². The number of nitrogens with one attached hydrogen (secondary N) is 1. The average molecular weight is 939 g/mol. The molecular formula is C33H30N8O15S5. The highest BCUT2D eigenvalue weighted by Gasteiger charge is 2.23. The minimum atomic E-state index is -5.00. The quantitative estimate of drug-likeness (QED) is 0.00800. The van der Waals surface area contributed by atoms with E-state index in [0.717, 1.165) is 30.0 Å². The number of nitrogen functional groups attached to an aromatic ring is 1. The van der Waals surface area contributed by atoms with Crippen molar-refractivity contribution in [1.29, 1.82) is 0 Å². The Morgan fingerprint density at radius 2 is 1.38 bits per heavy atom. The minimum absolute atomic E-state index is 0. The molecule has 0 atom stereocenters. The molecule has 23 nitrogen and oxygen atoms in total. The molecule has 0 amide bonds. The first-order valence-electron chi connectivity index (χ1n) is 16.2. The van der Waals surface area contributed by atoms with Gasteiger partial charge in [-0.1, -0.05) is 5.04 Å². The van der Waals surface area contributed by atoms with Crippen LogP contribution in [0.1, 0.15) is 0 Å². The van der Waals surface area contributed by atoms with Gasteiger partial charge in [0.2, 0.25) is 0 Å². The van der Waals surface area contributed by atoms with Crippen molar-refractivity contribution in [2.24, 2.45) is 30.7 Å². The zero-order valence-electron chi connectivity index (χ0n) is 30.7. The summed E-state index contributed by atoms with van der Waals surface area (Å²) in [5.41, 5.74) is 6.81. The van der Waals surface area contributed by atoms with Gasteiger partial charge in [-0.05, 0) is 108 Å². The number of nitrogens with zero attached hydrogens (tertiary/aromatic N) is 6. The summed E-state index contributed by atoms with van der Waals surface area (Å²) in [5.74, 6) is -0.800. The number of hydrogen-bond donors (Lipinski definition) is 6. The summed E-state index contributed by atoms with van der Waals surface area (Å²) in [6, 6.07) is 20.1. The summed E-state index contributed by atoms with van der Waals surface area (Å²) >= 11 is 1.40. The second-order valence-electron chi connectivity index (χ2n) is 11.4. The van der Waals surface area contributed by atoms with Crippen LogP contribution in [0.15, 0.2) is 135 Å². The summed E-state index contributed by atoms with van der Waals surface area (Å²) in [6.07, 6.45) is 1.94. The first-order valence-corrected chi connectivity index (χ1v) is 22.2. The molecule has 5 aromatic rings. The van der Waals surface area contributed by atoms with Gasteiger partial charge >= 0.3 is 10.4 Å². The molecule has 9 N–H and O–H groups in total. The van der Waals surface area contributed by atoms with Gasteiger partial charge in [0.15, 0.2) is 21.7 Å². The highest BCUT2D eigenvalue weighted by atomic mass is 32.3. The van der Waals surface area contributed by atoms with Crippen molar-refractivity contribution in [3.8, 4) is 17.1 Å². The molecule has 0 fully saturated rings. The monoisotopic (exact) mass is 938 g/mol. The summed E-state index contributed by atoms with van der Waals surface area (Å²) in [5, 5.41) is 54.0. The number of benzene rings is 5. The van der Waals surface area contributed by atoms with Gasteiger partial charge in [-0.15, -0.1) is 19.7 Å². The number of fused-ring (bicyclic) bond motifs is 1. The van der Waals surface area contributed by atoms with Crippen molar-refractivity contribution in [3.63, 3.8) is 0 Å². The lowest BCUT2D eigenvalue weighted by molar-refractivity contribution is -0.432. The van der Waals surface area contributed by atoms with Gasteiger partial charge in [0.25, 0.3) is 10.1 Å². The summed E-state index contributed by atoms with van der Waals surface area (Å²) in [4.78, 5) is 3.51. The van der Waals surface area contributed by atoms with Crippen LogP contribution in [0, 0.1) is 11.4 Å². The Bertz CT molecular complexity index is 2870. The second kappa shape index (κ2) is 21.2. The Balaban J connectivity index is 0.00000819. The standard InChI is InChI=1S/C33H28N8O14S5.H2O/c1-35-14-17-58(44,45)24-10-13-28(30(18-24)59(46,47)48)39-40-31-26-19-29(57-54-53-43)32(33(42)25(26)11-12-27(31)34)41-38-21-4-2-20(3-5-21)36-37-22-6-8-23(9-7-22)56-16-15-52-55-60(49,50)51;/h2-13,18-19,35,42-43H,14,17,34H2,1H3,(H,46,47,48)(H,49,50,51);1H2. The number of hydrogen-bond acceptors (Lipinski definition) is 22. The minimum Gasteiger partial charge on any atom is -0.505 e. The number of nitrogens with two attached hydrogens (primary N) is 1. The van der Waals surface area contributed by atoms with E-state index in [2.05, 4.69) is 59.8 Å². The van der Waals surface area contributed by atoms with Crippen molar-refractivity contribution in [2.45, 2.75) is 19.6 Å². The van der Waals surface area contributed by atoms with Gasteiger partial charge in [0.1, 0.15) is 22.0 Å². The first kappa shape index (κ1) is 48.0. The molecular weight excluding hydrogens is 909 g/mol. The van der Waals surface area contributed by atoms with Crippen LogP contribution in [0.25, 0.3) is 10.8 Å². The smallest absolute Gasteiger partial charge is 0.433 e. The number of phenols is 1. The highest BCUT2D eigenvalue weighted by molar-refractivity contribution is 8.04. The van der Waals surface area contributed by atoms with Crippen molar-refractivity contribution in [2.75, 3.05) is 25.1 Å². The molecule has 0 aliphatic rings. The van der Waals surface area contributed by atoms with Crippen LogP contribution in [-0.2, 0) is 48.9 Å². The van der Waals surface area contributed by atoms with E-state index in [1.54, 1.807) is 55.6 Å². The number of anilines is 1. The molecule has 61 heavy (non-hydrogen) atoms. The third-order valence-corrected chi connectivity index (χ3v) is 11.6. The molecule has 0 aromatic heterocycles. The topological polar surface area (TPSA) is 364 Å². The first-order chi connectivity index (χ1) is 28.5. The predicted molar refractivity (Wildman–Crippen MR) is 219 cm³/mol. The van der Waals surface area contributed by atoms with Crippen molar-refractivity contribution >= 4 is 105 Å². The molecule has 28 heteroatoms. The summed E-state index contributed by atoms with van der Waals surface area (Å²) in [6.45, 7) is 0.0839. The fraction of sp³-hybridized carbons (Fsp3) is 0.0909. The van der Waals surface area contributed by atoms with Crippen molar-refractivity contribution in [1.82, 2.24) is 5.32 Å². The molecule has 0 radical (unpaired) electrons. The third-order valence-electron chi connectivity index (χ3n) is 7.44. The van der Waals surface area contributed by atoms with Gasteiger partial charge < -0.3 is 21.6 Å². The van der Waals surface area contributed by atoms with Crippen LogP contribution < -0.4 is 11.1 Å². The molecule has 322 valence electrons. The number of thioether (sulfide) groups is 1. The maximum atomic E-state index is 12.7. The van der Waals surface area contributed by atoms with Crippen LogP contribution in [-0.4, -0.2) is 69.5 Å². The second-order valence-corrected chi connectivity index (χ2v) is 17.5. The molecule has 5 aromatic carbocycles. The molecule has 0 aliphatic carbocycles. The van der Waals surface area contributed by atoms with Crippen LogP contribution in [0.2, 0.25) is 0 Å². The largest absolute Gasteiger partial charge is 0.505 e. The Morgan fingerprint density at radius 1 is 0.770 bits per heavy atom. The van der Waals surface area contributed by atoms with E-state index in [0.29, 0.717) is 34.0 Å². The Morgan fingerprint density at radius 3 is 1.97 bits per heavy atom. The van der Waals surface area contributed by atoms with E-state index in [9.17, 15) is 34.9 Å². The summed E-state index contributed by atoms with van der Waals surface area (Å²) < 4.78 is 97.4. The van der Waals surface area contributed by atoms with E-state index in [4.69, 9.17) is 15.5 Å². The van der Waals surface area contributed by atoms with Gasteiger partial charge in [-0.25, -0.2) is 13.7 Å². The SMILES string of the molecule is CNCCS(=O)(=O)c1ccc(N=Nc2c(N)ccc3c(O)c(N=Nc4ccc(N=Nc5ccc(SC#COOS(=O)(=O)O)cc5)cc4)c(SOOO)cc23)c(S(=O)(=O)O)c1.O. The lowest BCUT2D eigenvalue weighted by Gasteiger charge is -2.12. The number of sulfone groups is 1. The molecule has 0 saturated heterocycles. The van der Waals surface area contributed by atoms with Crippen molar-refractivity contribution < 1.29 is 68.8 Å². The Hall–Kier alpha value is -5.65. The number of azo groups is 3. The van der Waals surface area contributed by atoms with Crippen LogP contribution in [0.5, 0.6) is 5.75 Å². The van der Waals surface area contributed by atoms with Gasteiger partial charge in [-0.2, -0.15) is 32.2 Å². The van der Waals surface area contributed by atoms with E-state index in [-0.39, 0.29) is 55.4 Å². The third kappa shape index (κ3) is 13.4. The van der Waals surface area contributed by atoms with Gasteiger partial charge in [-0.3, -0.25) is 14.0 Å². The maximum absolute atomic E-state index is 12.7. The van der Waals surface area contributed by atoms with E-state index in [1.807, 2.05) is 6.11 Å². The fourth-order valence-electron chi connectivity index (χ4n) is 4.73.